The van der Waals surface area contributed by atoms with Crippen LogP contribution in [0, 0.1) is 0 Å². The van der Waals surface area contributed by atoms with Gasteiger partial charge in [0.25, 0.3) is 5.56 Å². The summed E-state index contributed by atoms with van der Waals surface area (Å²) < 4.78 is 50.6. The van der Waals surface area contributed by atoms with E-state index in [1.165, 1.54) is 23.3 Å². The molecule has 0 spiro atoms. The van der Waals surface area contributed by atoms with E-state index in [9.17, 15) is 18.0 Å². The van der Waals surface area contributed by atoms with Crippen LogP contribution in [0.4, 0.5) is 13.2 Å². The standard InChI is InChI=1S/C27H26F3N3O3/c28-27(29,30)22-4-5-23(31-16-22)18-36-25-7-8-33(26(34)15-25)24-6-3-20-13-19(1-2-21(20)14-24)17-32-9-11-35-12-10-32/h1-2,4-5,7-8,13-16H,3,6,9-12,17-18H2. The molecule has 9 heteroatoms. The average molecular weight is 498 g/mol. The predicted molar refractivity (Wildman–Crippen MR) is 129 cm³/mol. The minimum Gasteiger partial charge on any atom is -0.487 e. The molecule has 3 aromatic rings. The third kappa shape index (κ3) is 5.68. The van der Waals surface area contributed by atoms with Crippen LogP contribution >= 0.6 is 0 Å². The van der Waals surface area contributed by atoms with Crippen LogP contribution in [0.3, 0.4) is 0 Å². The largest absolute Gasteiger partial charge is 0.487 e. The number of aromatic nitrogens is 2. The first-order chi connectivity index (χ1) is 17.3. The first-order valence-electron chi connectivity index (χ1n) is 11.9. The zero-order valence-corrected chi connectivity index (χ0v) is 19.6. The minimum atomic E-state index is -4.43. The fourth-order valence-electron chi connectivity index (χ4n) is 4.46. The zero-order chi connectivity index (χ0) is 25.1. The Labute approximate surface area is 206 Å². The van der Waals surface area contributed by atoms with Crippen LogP contribution in [0.25, 0.3) is 11.8 Å². The highest BCUT2D eigenvalue weighted by Gasteiger charge is 2.30. The van der Waals surface area contributed by atoms with Gasteiger partial charge in [0.1, 0.15) is 12.4 Å². The summed E-state index contributed by atoms with van der Waals surface area (Å²) in [6.07, 6.45) is 1.64. The third-order valence-electron chi connectivity index (χ3n) is 6.43. The molecule has 5 rings (SSSR count). The molecule has 1 aliphatic carbocycles. The lowest BCUT2D eigenvalue weighted by Gasteiger charge is -2.27. The van der Waals surface area contributed by atoms with Crippen molar-refractivity contribution in [2.24, 2.45) is 0 Å². The highest BCUT2D eigenvalue weighted by molar-refractivity contribution is 5.75. The van der Waals surface area contributed by atoms with E-state index in [4.69, 9.17) is 9.47 Å². The van der Waals surface area contributed by atoms with Crippen molar-refractivity contribution in [1.82, 2.24) is 14.5 Å². The lowest BCUT2D eigenvalue weighted by molar-refractivity contribution is -0.137. The summed E-state index contributed by atoms with van der Waals surface area (Å²) in [5, 5.41) is 0. The second-order valence-corrected chi connectivity index (χ2v) is 8.95. The number of rotatable bonds is 6. The molecule has 2 aliphatic rings. The molecule has 1 fully saturated rings. The van der Waals surface area contributed by atoms with Gasteiger partial charge in [0.2, 0.25) is 0 Å². The van der Waals surface area contributed by atoms with Crippen molar-refractivity contribution < 1.29 is 22.6 Å². The Hall–Kier alpha value is -3.43. The molecule has 0 N–H and O–H groups in total. The summed E-state index contributed by atoms with van der Waals surface area (Å²) in [5.41, 5.74) is 3.88. The number of pyridine rings is 2. The Morgan fingerprint density at radius 2 is 1.86 bits per heavy atom. The molecule has 1 aromatic carbocycles. The molecule has 6 nitrogen and oxygen atoms in total. The van der Waals surface area contributed by atoms with Crippen LogP contribution in [0.2, 0.25) is 0 Å². The van der Waals surface area contributed by atoms with Crippen molar-refractivity contribution in [2.75, 3.05) is 26.3 Å². The van der Waals surface area contributed by atoms with Crippen molar-refractivity contribution in [1.29, 1.82) is 0 Å². The molecule has 0 amide bonds. The SMILES string of the molecule is O=c1cc(OCc2ccc(C(F)(F)F)cn2)ccn1C1=Cc2ccc(CN3CCOCC3)cc2CC1. The van der Waals surface area contributed by atoms with E-state index in [2.05, 4.69) is 28.1 Å². The Kier molecular flexibility index (Phi) is 6.93. The maximum absolute atomic E-state index is 12.8. The molecule has 0 bridgehead atoms. The van der Waals surface area contributed by atoms with E-state index in [1.807, 2.05) is 6.08 Å². The number of aryl methyl sites for hydroxylation is 1. The van der Waals surface area contributed by atoms with E-state index < -0.39 is 11.7 Å². The molecule has 0 saturated carbocycles. The summed E-state index contributed by atoms with van der Waals surface area (Å²) in [4.78, 5) is 19.0. The summed E-state index contributed by atoms with van der Waals surface area (Å²) in [7, 11) is 0. The Morgan fingerprint density at radius 3 is 2.58 bits per heavy atom. The lowest BCUT2D eigenvalue weighted by atomic mass is 9.93. The number of benzene rings is 1. The van der Waals surface area contributed by atoms with Crippen LogP contribution < -0.4 is 10.3 Å². The number of morpholine rings is 1. The molecule has 36 heavy (non-hydrogen) atoms. The fraction of sp³-hybridized carbons (Fsp3) is 0.333. The molecular weight excluding hydrogens is 471 g/mol. The molecule has 0 radical (unpaired) electrons. The van der Waals surface area contributed by atoms with Crippen LogP contribution in [0.5, 0.6) is 5.75 Å². The lowest BCUT2D eigenvalue weighted by Crippen LogP contribution is -2.35. The van der Waals surface area contributed by atoms with Gasteiger partial charge in [-0.1, -0.05) is 18.2 Å². The first-order valence-corrected chi connectivity index (χ1v) is 11.9. The maximum atomic E-state index is 12.8. The smallest absolute Gasteiger partial charge is 0.417 e. The van der Waals surface area contributed by atoms with Crippen LogP contribution in [0.1, 0.15) is 34.4 Å². The van der Waals surface area contributed by atoms with Gasteiger partial charge in [-0.25, -0.2) is 0 Å². The quantitative estimate of drug-likeness (QED) is 0.498. The van der Waals surface area contributed by atoms with Crippen molar-refractivity contribution >= 4 is 11.8 Å². The second-order valence-electron chi connectivity index (χ2n) is 8.95. The van der Waals surface area contributed by atoms with Crippen LogP contribution in [-0.2, 0) is 30.5 Å². The summed E-state index contributed by atoms with van der Waals surface area (Å²) in [6.45, 7) is 4.33. The van der Waals surface area contributed by atoms with E-state index in [-0.39, 0.29) is 12.2 Å². The van der Waals surface area contributed by atoms with Crippen LogP contribution in [0.15, 0.2) is 59.7 Å². The number of hydrogen-bond donors (Lipinski definition) is 0. The fourth-order valence-corrected chi connectivity index (χ4v) is 4.46. The van der Waals surface area contributed by atoms with Crippen molar-refractivity contribution in [3.05, 3.63) is 93.2 Å². The monoisotopic (exact) mass is 497 g/mol. The summed E-state index contributed by atoms with van der Waals surface area (Å²) >= 11 is 0. The van der Waals surface area contributed by atoms with Gasteiger partial charge in [0.15, 0.2) is 0 Å². The van der Waals surface area contributed by atoms with Crippen molar-refractivity contribution in [3.8, 4) is 5.75 Å². The van der Waals surface area contributed by atoms with Crippen molar-refractivity contribution in [2.45, 2.75) is 32.2 Å². The number of hydrogen-bond acceptors (Lipinski definition) is 5. The molecule has 188 valence electrons. The number of nitrogens with zero attached hydrogens (tertiary/aromatic N) is 3. The van der Waals surface area contributed by atoms with E-state index >= 15 is 0 Å². The Bertz CT molecular complexity index is 1310. The highest BCUT2D eigenvalue weighted by atomic mass is 19.4. The van der Waals surface area contributed by atoms with Crippen LogP contribution in [-0.4, -0.2) is 40.8 Å². The number of alkyl halides is 3. The number of fused-ring (bicyclic) bond motifs is 1. The van der Waals surface area contributed by atoms with Crippen molar-refractivity contribution in [3.63, 3.8) is 0 Å². The Morgan fingerprint density at radius 1 is 1.03 bits per heavy atom. The molecule has 0 unspecified atom stereocenters. The maximum Gasteiger partial charge on any atom is 0.417 e. The molecule has 3 heterocycles. The van der Waals surface area contributed by atoms with Gasteiger partial charge in [-0.15, -0.1) is 0 Å². The zero-order valence-electron chi connectivity index (χ0n) is 19.6. The molecule has 1 saturated heterocycles. The van der Waals surface area contributed by atoms with E-state index in [1.54, 1.807) is 16.8 Å². The molecular formula is C27H26F3N3O3. The third-order valence-corrected chi connectivity index (χ3v) is 6.43. The van der Waals surface area contributed by atoms with Gasteiger partial charge in [0, 0.05) is 43.8 Å². The first kappa shape index (κ1) is 24.3. The molecule has 0 atom stereocenters. The number of halogens is 3. The predicted octanol–water partition coefficient (Wildman–Crippen LogP) is 4.62. The van der Waals surface area contributed by atoms with E-state index in [0.717, 1.165) is 69.2 Å². The molecule has 2 aromatic heterocycles. The number of ether oxygens (including phenoxy) is 2. The average Bonchev–Trinajstić information content (AvgIpc) is 2.88. The Balaban J connectivity index is 1.24. The van der Waals surface area contributed by atoms with Gasteiger partial charge in [-0.2, -0.15) is 13.2 Å². The topological polar surface area (TPSA) is 56.6 Å². The normalized spacial score (nSPS) is 16.4. The molecule has 1 aliphatic heterocycles. The van der Waals surface area contributed by atoms with Gasteiger partial charge >= 0.3 is 6.18 Å². The summed E-state index contributed by atoms with van der Waals surface area (Å²) in [6, 6.07) is 11.8. The van der Waals surface area contributed by atoms with Gasteiger partial charge in [-0.3, -0.25) is 19.2 Å². The van der Waals surface area contributed by atoms with Gasteiger partial charge in [0.05, 0.1) is 24.5 Å². The summed E-state index contributed by atoms with van der Waals surface area (Å²) in [5.74, 6) is 0.336. The van der Waals surface area contributed by atoms with Gasteiger partial charge < -0.3 is 9.47 Å². The highest BCUT2D eigenvalue weighted by Crippen LogP contribution is 2.29. The number of allylic oxidation sites excluding steroid dienone is 1. The van der Waals surface area contributed by atoms with E-state index in [0.29, 0.717) is 11.4 Å². The van der Waals surface area contributed by atoms with Gasteiger partial charge in [-0.05, 0) is 53.8 Å². The minimum absolute atomic E-state index is 0.0373. The second kappa shape index (κ2) is 10.3.